The summed E-state index contributed by atoms with van der Waals surface area (Å²) in [5.74, 6) is 1.48. The van der Waals surface area contributed by atoms with Crippen molar-refractivity contribution in [3.63, 3.8) is 0 Å². The van der Waals surface area contributed by atoms with Crippen LogP contribution in [0.15, 0.2) is 32.7 Å². The Balaban J connectivity index is 2.02. The maximum Gasteiger partial charge on any atom is 0.262 e. The molecule has 8 heteroatoms. The topological polar surface area (TPSA) is 73.8 Å². The first-order chi connectivity index (χ1) is 13.1. The maximum atomic E-state index is 13.1. The Hall–Kier alpha value is -1.86. The zero-order chi connectivity index (χ0) is 20.6. The standard InChI is InChI=1S/C20H25ClN4O2S/c1-11(2)10-25-17(26)14-9-13(21)7-8-15(14)22-19(25)28-12(3)16-23-18(24-27-16)20(4,5)6/h7-9,11-12H,10H2,1-6H3. The van der Waals surface area contributed by atoms with Gasteiger partial charge in [-0.15, -0.1) is 0 Å². The molecule has 0 aliphatic rings. The van der Waals surface area contributed by atoms with Gasteiger partial charge in [-0.1, -0.05) is 63.1 Å². The lowest BCUT2D eigenvalue weighted by molar-refractivity contribution is 0.364. The van der Waals surface area contributed by atoms with E-state index < -0.39 is 0 Å². The second-order valence-corrected chi connectivity index (χ2v) is 10.1. The van der Waals surface area contributed by atoms with Gasteiger partial charge < -0.3 is 4.52 Å². The van der Waals surface area contributed by atoms with Crippen molar-refractivity contribution in [1.82, 2.24) is 19.7 Å². The number of rotatable bonds is 5. The average molecular weight is 421 g/mol. The minimum Gasteiger partial charge on any atom is -0.338 e. The minimum absolute atomic E-state index is 0.0863. The van der Waals surface area contributed by atoms with E-state index in [2.05, 4.69) is 24.0 Å². The van der Waals surface area contributed by atoms with Gasteiger partial charge in [-0.25, -0.2) is 4.98 Å². The Bertz CT molecular complexity index is 1050. The monoisotopic (exact) mass is 420 g/mol. The van der Waals surface area contributed by atoms with Crippen LogP contribution in [-0.4, -0.2) is 19.7 Å². The van der Waals surface area contributed by atoms with Gasteiger partial charge in [0.2, 0.25) is 5.89 Å². The molecule has 1 aromatic carbocycles. The van der Waals surface area contributed by atoms with E-state index in [1.54, 1.807) is 22.8 Å². The van der Waals surface area contributed by atoms with E-state index in [9.17, 15) is 4.79 Å². The van der Waals surface area contributed by atoms with Crippen LogP contribution in [0.25, 0.3) is 10.9 Å². The van der Waals surface area contributed by atoms with Crippen LogP contribution in [0.3, 0.4) is 0 Å². The molecule has 0 aliphatic carbocycles. The van der Waals surface area contributed by atoms with Crippen LogP contribution in [0.4, 0.5) is 0 Å². The van der Waals surface area contributed by atoms with Crippen molar-refractivity contribution >= 4 is 34.3 Å². The van der Waals surface area contributed by atoms with E-state index in [0.717, 1.165) is 0 Å². The van der Waals surface area contributed by atoms with Crippen LogP contribution in [0, 0.1) is 5.92 Å². The fourth-order valence-electron chi connectivity index (χ4n) is 2.70. The summed E-state index contributed by atoms with van der Waals surface area (Å²) in [6, 6.07) is 5.20. The molecule has 0 fully saturated rings. The Morgan fingerprint density at radius 1 is 1.21 bits per heavy atom. The molecule has 3 rings (SSSR count). The predicted octanol–water partition coefficient (Wildman–Crippen LogP) is 5.24. The predicted molar refractivity (Wildman–Crippen MR) is 113 cm³/mol. The van der Waals surface area contributed by atoms with Gasteiger partial charge >= 0.3 is 0 Å². The maximum absolute atomic E-state index is 13.1. The number of nitrogens with zero attached hydrogens (tertiary/aromatic N) is 4. The number of benzene rings is 1. The molecule has 6 nitrogen and oxygen atoms in total. The smallest absolute Gasteiger partial charge is 0.262 e. The second kappa shape index (κ2) is 7.87. The normalized spacial score (nSPS) is 13.4. The first-order valence-corrected chi connectivity index (χ1v) is 10.5. The van der Waals surface area contributed by atoms with E-state index in [4.69, 9.17) is 21.1 Å². The molecule has 1 unspecified atom stereocenters. The van der Waals surface area contributed by atoms with E-state index in [0.29, 0.717) is 45.3 Å². The molecule has 0 saturated heterocycles. The van der Waals surface area contributed by atoms with Gasteiger partial charge in [-0.3, -0.25) is 9.36 Å². The zero-order valence-corrected chi connectivity index (χ0v) is 18.6. The molecule has 2 aromatic heterocycles. The summed E-state index contributed by atoms with van der Waals surface area (Å²) in [4.78, 5) is 22.4. The summed E-state index contributed by atoms with van der Waals surface area (Å²) in [6.07, 6.45) is 0. The second-order valence-electron chi connectivity index (χ2n) is 8.33. The fourth-order valence-corrected chi connectivity index (χ4v) is 3.82. The summed E-state index contributed by atoms with van der Waals surface area (Å²) in [5.41, 5.74) is 0.355. The van der Waals surface area contributed by atoms with Gasteiger partial charge in [0.1, 0.15) is 0 Å². The van der Waals surface area contributed by atoms with Gasteiger partial charge in [-0.2, -0.15) is 4.98 Å². The van der Waals surface area contributed by atoms with Crippen LogP contribution in [0.5, 0.6) is 0 Å². The molecule has 0 N–H and O–H groups in total. The van der Waals surface area contributed by atoms with Crippen molar-refractivity contribution in [3.8, 4) is 0 Å². The molecule has 1 atom stereocenters. The molecule has 0 amide bonds. The van der Waals surface area contributed by atoms with Crippen LogP contribution in [-0.2, 0) is 12.0 Å². The molecule has 0 radical (unpaired) electrons. The highest BCUT2D eigenvalue weighted by molar-refractivity contribution is 7.99. The first kappa shape index (κ1) is 20.9. The Morgan fingerprint density at radius 3 is 2.54 bits per heavy atom. The largest absolute Gasteiger partial charge is 0.338 e. The third-order valence-electron chi connectivity index (χ3n) is 4.17. The van der Waals surface area contributed by atoms with Crippen molar-refractivity contribution in [3.05, 3.63) is 45.3 Å². The summed E-state index contributed by atoms with van der Waals surface area (Å²) in [7, 11) is 0. The molecule has 0 spiro atoms. The summed E-state index contributed by atoms with van der Waals surface area (Å²) in [6.45, 7) is 12.8. The number of fused-ring (bicyclic) bond motifs is 1. The van der Waals surface area contributed by atoms with E-state index in [1.165, 1.54) is 11.8 Å². The number of aromatic nitrogens is 4. The summed E-state index contributed by atoms with van der Waals surface area (Å²) < 4.78 is 7.18. The van der Waals surface area contributed by atoms with Gasteiger partial charge in [0.25, 0.3) is 5.56 Å². The van der Waals surface area contributed by atoms with Gasteiger partial charge in [0.15, 0.2) is 11.0 Å². The van der Waals surface area contributed by atoms with Crippen molar-refractivity contribution in [1.29, 1.82) is 0 Å². The lowest BCUT2D eigenvalue weighted by Gasteiger charge is -2.16. The molecule has 150 valence electrons. The van der Waals surface area contributed by atoms with Crippen molar-refractivity contribution in [2.45, 2.75) is 63.9 Å². The highest BCUT2D eigenvalue weighted by atomic mass is 35.5. The number of hydrogen-bond donors (Lipinski definition) is 0. The first-order valence-electron chi connectivity index (χ1n) is 9.27. The number of thioether (sulfide) groups is 1. The molecule has 0 aliphatic heterocycles. The highest BCUT2D eigenvalue weighted by Crippen LogP contribution is 2.34. The minimum atomic E-state index is -0.188. The molecule has 28 heavy (non-hydrogen) atoms. The Kier molecular flexibility index (Phi) is 5.87. The molecular weight excluding hydrogens is 396 g/mol. The quantitative estimate of drug-likeness (QED) is 0.415. The lowest BCUT2D eigenvalue weighted by Crippen LogP contribution is -2.25. The lowest BCUT2D eigenvalue weighted by atomic mass is 9.96. The van der Waals surface area contributed by atoms with E-state index in [1.807, 2.05) is 27.7 Å². The number of halogens is 1. The van der Waals surface area contributed by atoms with Gasteiger partial charge in [0, 0.05) is 17.0 Å². The molecule has 0 saturated carbocycles. The molecule has 2 heterocycles. The Labute approximate surface area is 173 Å². The molecular formula is C20H25ClN4O2S. The zero-order valence-electron chi connectivity index (χ0n) is 17.0. The summed E-state index contributed by atoms with van der Waals surface area (Å²) >= 11 is 7.53. The van der Waals surface area contributed by atoms with Crippen LogP contribution < -0.4 is 5.56 Å². The average Bonchev–Trinajstić information content (AvgIpc) is 3.09. The van der Waals surface area contributed by atoms with Crippen molar-refractivity contribution in [2.75, 3.05) is 0 Å². The molecule has 3 aromatic rings. The van der Waals surface area contributed by atoms with Gasteiger partial charge in [0.05, 0.1) is 16.2 Å². The van der Waals surface area contributed by atoms with Crippen LogP contribution in [0.2, 0.25) is 5.02 Å². The fraction of sp³-hybridized carbons (Fsp3) is 0.500. The van der Waals surface area contributed by atoms with Gasteiger partial charge in [-0.05, 0) is 31.0 Å². The SMILES string of the molecule is CC(C)Cn1c(SC(C)c2nc(C(C)(C)C)no2)nc2ccc(Cl)cc2c1=O. The Morgan fingerprint density at radius 2 is 1.93 bits per heavy atom. The third kappa shape index (κ3) is 4.41. The van der Waals surface area contributed by atoms with Crippen molar-refractivity contribution < 1.29 is 4.52 Å². The van der Waals surface area contributed by atoms with Crippen molar-refractivity contribution in [2.24, 2.45) is 5.92 Å². The number of hydrogen-bond acceptors (Lipinski definition) is 6. The van der Waals surface area contributed by atoms with E-state index >= 15 is 0 Å². The third-order valence-corrected chi connectivity index (χ3v) is 5.48. The van der Waals surface area contributed by atoms with Crippen LogP contribution in [0.1, 0.15) is 58.5 Å². The summed E-state index contributed by atoms with van der Waals surface area (Å²) in [5, 5.41) is 5.64. The molecule has 0 bridgehead atoms. The van der Waals surface area contributed by atoms with E-state index in [-0.39, 0.29) is 16.2 Å². The highest BCUT2D eigenvalue weighted by Gasteiger charge is 2.25. The van der Waals surface area contributed by atoms with Crippen LogP contribution >= 0.6 is 23.4 Å².